The number of carbonyl (C=O) groups is 1. The zero-order valence-corrected chi connectivity index (χ0v) is 11.8. The van der Waals surface area contributed by atoms with Gasteiger partial charge >= 0.3 is 5.69 Å². The van der Waals surface area contributed by atoms with Crippen molar-refractivity contribution in [2.24, 2.45) is 10.9 Å². The third-order valence-electron chi connectivity index (χ3n) is 2.94. The highest BCUT2D eigenvalue weighted by Gasteiger charge is 2.22. The fourth-order valence-electron chi connectivity index (χ4n) is 1.65. The molecule has 0 spiro atoms. The molecular formula is C12H18N4O6. The summed E-state index contributed by atoms with van der Waals surface area (Å²) >= 11 is 0. The molecule has 1 aromatic heterocycles. The molecule has 0 aliphatic carbocycles. The number of aliphatic hydroxyl groups is 3. The maximum Gasteiger partial charge on any atom is 0.327 e. The van der Waals surface area contributed by atoms with Crippen LogP contribution in [0.15, 0.2) is 14.6 Å². The lowest BCUT2D eigenvalue weighted by Crippen LogP contribution is -2.39. The molecule has 1 aromatic rings. The van der Waals surface area contributed by atoms with Crippen LogP contribution in [0.4, 0.5) is 11.5 Å². The molecule has 10 heteroatoms. The third kappa shape index (κ3) is 4.62. The van der Waals surface area contributed by atoms with Gasteiger partial charge in [-0.15, -0.1) is 0 Å². The lowest BCUT2D eigenvalue weighted by molar-refractivity contribution is -0.102. The Morgan fingerprint density at radius 3 is 2.59 bits per heavy atom. The first-order valence-corrected chi connectivity index (χ1v) is 6.46. The van der Waals surface area contributed by atoms with Crippen LogP contribution in [-0.4, -0.2) is 63.1 Å². The smallest absolute Gasteiger partial charge is 0.327 e. The second-order valence-electron chi connectivity index (χ2n) is 4.64. The molecule has 0 bridgehead atoms. The van der Waals surface area contributed by atoms with Gasteiger partial charge in [0.2, 0.25) is 0 Å². The van der Waals surface area contributed by atoms with Gasteiger partial charge in [-0.05, 0) is 0 Å². The van der Waals surface area contributed by atoms with Gasteiger partial charge in [-0.1, -0.05) is 6.92 Å². The molecule has 0 fully saturated rings. The quantitative estimate of drug-likeness (QED) is 0.232. The van der Waals surface area contributed by atoms with Crippen LogP contribution in [0.3, 0.4) is 0 Å². The van der Waals surface area contributed by atoms with E-state index in [-0.39, 0.29) is 24.7 Å². The van der Waals surface area contributed by atoms with E-state index in [4.69, 9.17) is 5.11 Å². The maximum absolute atomic E-state index is 11.6. The second kappa shape index (κ2) is 8.22. The highest BCUT2D eigenvalue weighted by Crippen LogP contribution is 2.15. The Hall–Kier alpha value is -2.30. The Kier molecular flexibility index (Phi) is 6.63. The predicted octanol–water partition coefficient (Wildman–Crippen LogP) is -2.27. The Morgan fingerprint density at radius 2 is 2.00 bits per heavy atom. The van der Waals surface area contributed by atoms with E-state index >= 15 is 0 Å². The van der Waals surface area contributed by atoms with Crippen LogP contribution < -0.4 is 16.6 Å². The minimum Gasteiger partial charge on any atom is -0.396 e. The number of carbonyl (C=O) groups excluding carboxylic acids is 1. The zero-order valence-electron chi connectivity index (χ0n) is 11.8. The highest BCUT2D eigenvalue weighted by atomic mass is 16.3. The molecule has 0 radical (unpaired) electrons. The predicted molar refractivity (Wildman–Crippen MR) is 78.7 cm³/mol. The van der Waals surface area contributed by atoms with E-state index in [1.807, 2.05) is 4.98 Å². The summed E-state index contributed by atoms with van der Waals surface area (Å²) in [7, 11) is 0. The van der Waals surface area contributed by atoms with Crippen molar-refractivity contribution in [1.82, 2.24) is 9.97 Å². The number of aliphatic imine (C=N–C) groups is 1. The van der Waals surface area contributed by atoms with Crippen molar-refractivity contribution in [3.8, 4) is 0 Å². The van der Waals surface area contributed by atoms with Crippen LogP contribution in [0, 0.1) is 5.92 Å². The maximum atomic E-state index is 11.6. The summed E-state index contributed by atoms with van der Waals surface area (Å²) in [5, 5.41) is 31.0. The number of nitrogens with one attached hydrogen (secondary N) is 3. The van der Waals surface area contributed by atoms with E-state index in [2.05, 4.69) is 15.3 Å². The van der Waals surface area contributed by atoms with Gasteiger partial charge in [-0.3, -0.25) is 19.6 Å². The molecule has 3 atom stereocenters. The lowest BCUT2D eigenvalue weighted by atomic mass is 10.0. The molecule has 1 heterocycles. The molecule has 6 N–H and O–H groups in total. The fourth-order valence-corrected chi connectivity index (χ4v) is 1.65. The van der Waals surface area contributed by atoms with Gasteiger partial charge in [0.15, 0.2) is 12.0 Å². The molecule has 1 rings (SSSR count). The van der Waals surface area contributed by atoms with Crippen LogP contribution in [-0.2, 0) is 4.79 Å². The normalized spacial score (nSPS) is 15.5. The topological polar surface area (TPSA) is 168 Å². The number of hydrogen-bond donors (Lipinski definition) is 6. The highest BCUT2D eigenvalue weighted by molar-refractivity contribution is 6.13. The summed E-state index contributed by atoms with van der Waals surface area (Å²) in [6.45, 7) is 1.02. The van der Waals surface area contributed by atoms with Gasteiger partial charge in [-0.25, -0.2) is 9.79 Å². The van der Waals surface area contributed by atoms with Crippen molar-refractivity contribution in [3.05, 3.63) is 20.8 Å². The van der Waals surface area contributed by atoms with Crippen LogP contribution in [0.25, 0.3) is 0 Å². The van der Waals surface area contributed by atoms with Gasteiger partial charge in [0.25, 0.3) is 5.56 Å². The minimum atomic E-state index is -1.26. The average molecular weight is 314 g/mol. The van der Waals surface area contributed by atoms with Gasteiger partial charge in [0, 0.05) is 19.1 Å². The number of aromatic amines is 2. The number of aliphatic hydroxyl groups excluding tert-OH is 3. The summed E-state index contributed by atoms with van der Waals surface area (Å²) in [4.78, 5) is 40.9. The number of aldehydes is 1. The van der Waals surface area contributed by atoms with Crippen LogP contribution in [0.1, 0.15) is 6.92 Å². The van der Waals surface area contributed by atoms with E-state index in [1.165, 1.54) is 0 Å². The molecule has 122 valence electrons. The first-order chi connectivity index (χ1) is 10.4. The van der Waals surface area contributed by atoms with Gasteiger partial charge < -0.3 is 20.6 Å². The van der Waals surface area contributed by atoms with Crippen molar-refractivity contribution in [2.45, 2.75) is 19.1 Å². The number of nitrogens with zero attached hydrogens (tertiary/aromatic N) is 1. The molecule has 0 aliphatic rings. The summed E-state index contributed by atoms with van der Waals surface area (Å²) in [5.41, 5.74) is -1.86. The van der Waals surface area contributed by atoms with Crippen molar-refractivity contribution in [2.75, 3.05) is 18.5 Å². The van der Waals surface area contributed by atoms with E-state index < -0.39 is 29.4 Å². The van der Waals surface area contributed by atoms with Gasteiger partial charge in [-0.2, -0.15) is 0 Å². The lowest BCUT2D eigenvalue weighted by Gasteiger charge is -2.23. The molecule has 10 nitrogen and oxygen atoms in total. The van der Waals surface area contributed by atoms with Crippen LogP contribution in [0.5, 0.6) is 0 Å². The molecule has 0 saturated carbocycles. The SMILES string of the molecule is CC(CO)C(O)C(O)CNc1[nH]c(=O)[nH]c(=O)c1N=CC=O. The van der Waals surface area contributed by atoms with Crippen molar-refractivity contribution >= 4 is 24.0 Å². The Bertz CT molecular complexity index is 637. The summed E-state index contributed by atoms with van der Waals surface area (Å²) in [6, 6.07) is 0. The largest absolute Gasteiger partial charge is 0.396 e. The van der Waals surface area contributed by atoms with E-state index in [9.17, 15) is 24.6 Å². The minimum absolute atomic E-state index is 0.102. The molecule has 22 heavy (non-hydrogen) atoms. The molecular weight excluding hydrogens is 296 g/mol. The first-order valence-electron chi connectivity index (χ1n) is 6.46. The van der Waals surface area contributed by atoms with Crippen LogP contribution in [0.2, 0.25) is 0 Å². The molecule has 3 unspecified atom stereocenters. The summed E-state index contributed by atoms with van der Waals surface area (Å²) in [6.07, 6.45) is -1.27. The number of anilines is 1. The molecule has 0 aliphatic heterocycles. The fraction of sp³-hybridized carbons (Fsp3) is 0.500. The monoisotopic (exact) mass is 314 g/mol. The molecule has 0 amide bonds. The summed E-state index contributed by atoms with van der Waals surface area (Å²) < 4.78 is 0. The van der Waals surface area contributed by atoms with Crippen molar-refractivity contribution in [3.63, 3.8) is 0 Å². The molecule has 0 aromatic carbocycles. The Morgan fingerprint density at radius 1 is 1.32 bits per heavy atom. The second-order valence-corrected chi connectivity index (χ2v) is 4.64. The number of aromatic nitrogens is 2. The average Bonchev–Trinajstić information content (AvgIpc) is 2.49. The number of H-pyrrole nitrogens is 2. The number of hydrogen-bond acceptors (Lipinski definition) is 8. The van der Waals surface area contributed by atoms with Crippen LogP contribution >= 0.6 is 0 Å². The van der Waals surface area contributed by atoms with Gasteiger partial charge in [0.1, 0.15) is 5.82 Å². The molecule has 0 saturated heterocycles. The number of rotatable bonds is 8. The van der Waals surface area contributed by atoms with E-state index in [1.54, 1.807) is 6.92 Å². The first kappa shape index (κ1) is 17.8. The van der Waals surface area contributed by atoms with E-state index in [0.29, 0.717) is 6.29 Å². The Balaban J connectivity index is 2.93. The standard InChI is InChI=1S/C12H18N4O6/c1-6(5-18)9(20)7(19)4-14-10-8(13-2-3-17)11(21)16-12(22)15-10/h2-3,6-7,9,18-20H,4-5H2,1H3,(H3,14,15,16,21,22). The van der Waals surface area contributed by atoms with E-state index in [0.717, 1.165) is 6.21 Å². The third-order valence-corrected chi connectivity index (χ3v) is 2.94. The summed E-state index contributed by atoms with van der Waals surface area (Å²) in [5.74, 6) is -0.655. The van der Waals surface area contributed by atoms with Crippen molar-refractivity contribution < 1.29 is 20.1 Å². The van der Waals surface area contributed by atoms with Gasteiger partial charge in [0.05, 0.1) is 18.4 Å². The van der Waals surface area contributed by atoms with Crippen molar-refractivity contribution in [1.29, 1.82) is 0 Å². The Labute approximate surface area is 124 Å². The zero-order chi connectivity index (χ0) is 16.7.